The molecule has 0 spiro atoms. The first-order chi connectivity index (χ1) is 9.10. The van der Waals surface area contributed by atoms with Gasteiger partial charge in [0.2, 0.25) is 0 Å². The van der Waals surface area contributed by atoms with Crippen molar-refractivity contribution in [3.05, 3.63) is 68.9 Å². The van der Waals surface area contributed by atoms with Gasteiger partial charge in [-0.2, -0.15) is 5.26 Å². The topological polar surface area (TPSA) is 23.8 Å². The maximum Gasteiger partial charge on any atom is 0.133 e. The monoisotopic (exact) mass is 335 g/mol. The third-order valence-electron chi connectivity index (χ3n) is 2.50. The van der Waals surface area contributed by atoms with Crippen LogP contribution in [0.2, 0.25) is 5.02 Å². The van der Waals surface area contributed by atoms with E-state index in [2.05, 4.69) is 15.9 Å². The van der Waals surface area contributed by atoms with E-state index in [1.807, 2.05) is 30.3 Å². The first-order valence-electron chi connectivity index (χ1n) is 5.43. The SMILES string of the molecule is N#CC(=Cc1cccc(Br)c1)c1ccc(Cl)cc1F. The lowest BCUT2D eigenvalue weighted by Gasteiger charge is -2.02. The summed E-state index contributed by atoms with van der Waals surface area (Å²) in [7, 11) is 0. The first-order valence-corrected chi connectivity index (χ1v) is 6.60. The fourth-order valence-electron chi connectivity index (χ4n) is 1.64. The van der Waals surface area contributed by atoms with Crippen molar-refractivity contribution in [1.82, 2.24) is 0 Å². The molecule has 0 aromatic heterocycles. The van der Waals surface area contributed by atoms with Gasteiger partial charge >= 0.3 is 0 Å². The highest BCUT2D eigenvalue weighted by atomic mass is 79.9. The van der Waals surface area contributed by atoms with Crippen LogP contribution in [0.5, 0.6) is 0 Å². The zero-order chi connectivity index (χ0) is 13.8. The van der Waals surface area contributed by atoms with Crippen LogP contribution in [0.15, 0.2) is 46.9 Å². The molecule has 0 saturated heterocycles. The fourth-order valence-corrected chi connectivity index (χ4v) is 2.22. The maximum absolute atomic E-state index is 13.8. The van der Waals surface area contributed by atoms with Crippen molar-refractivity contribution in [3.8, 4) is 6.07 Å². The van der Waals surface area contributed by atoms with E-state index >= 15 is 0 Å². The summed E-state index contributed by atoms with van der Waals surface area (Å²) >= 11 is 9.05. The Bertz CT molecular complexity index is 689. The molecule has 0 heterocycles. The molecule has 0 bridgehead atoms. The summed E-state index contributed by atoms with van der Waals surface area (Å²) in [5, 5.41) is 9.48. The molecule has 2 aromatic carbocycles. The van der Waals surface area contributed by atoms with Crippen LogP contribution in [0.25, 0.3) is 11.6 Å². The van der Waals surface area contributed by atoms with E-state index in [-0.39, 0.29) is 11.1 Å². The molecule has 0 N–H and O–H groups in total. The number of hydrogen-bond donors (Lipinski definition) is 0. The third-order valence-corrected chi connectivity index (χ3v) is 3.23. The van der Waals surface area contributed by atoms with Crippen molar-refractivity contribution < 1.29 is 4.39 Å². The van der Waals surface area contributed by atoms with Gasteiger partial charge in [-0.15, -0.1) is 0 Å². The molecule has 0 atom stereocenters. The van der Waals surface area contributed by atoms with Gasteiger partial charge in [0.1, 0.15) is 5.82 Å². The zero-order valence-electron chi connectivity index (χ0n) is 9.70. The molecule has 0 aliphatic rings. The Morgan fingerprint density at radius 3 is 2.68 bits per heavy atom. The van der Waals surface area contributed by atoms with Crippen molar-refractivity contribution >= 4 is 39.2 Å². The molecule has 0 radical (unpaired) electrons. The summed E-state index contributed by atoms with van der Waals surface area (Å²) in [4.78, 5) is 0. The first kappa shape index (κ1) is 13.8. The fraction of sp³-hybridized carbons (Fsp3) is 0. The minimum absolute atomic E-state index is 0.242. The summed E-state index contributed by atoms with van der Waals surface area (Å²) < 4.78 is 14.7. The summed E-state index contributed by atoms with van der Waals surface area (Å²) in [5.74, 6) is -0.504. The molecule has 0 amide bonds. The molecule has 19 heavy (non-hydrogen) atoms. The Balaban J connectivity index is 2.48. The number of allylic oxidation sites excluding steroid dienone is 1. The Hall–Kier alpha value is -1.63. The molecule has 2 rings (SSSR count). The smallest absolute Gasteiger partial charge is 0.133 e. The second-order valence-corrected chi connectivity index (χ2v) is 5.20. The number of hydrogen-bond acceptors (Lipinski definition) is 1. The van der Waals surface area contributed by atoms with Crippen LogP contribution in [-0.4, -0.2) is 0 Å². The summed E-state index contributed by atoms with van der Waals surface area (Å²) in [6.45, 7) is 0. The standard InChI is InChI=1S/C15H8BrClFN/c16-12-3-1-2-10(7-12)6-11(9-19)14-5-4-13(17)8-15(14)18/h1-8H. The van der Waals surface area contributed by atoms with Crippen molar-refractivity contribution in [2.24, 2.45) is 0 Å². The van der Waals surface area contributed by atoms with E-state index in [0.717, 1.165) is 10.0 Å². The van der Waals surface area contributed by atoms with Crippen LogP contribution in [0, 0.1) is 17.1 Å². The maximum atomic E-state index is 13.8. The third kappa shape index (κ3) is 3.44. The lowest BCUT2D eigenvalue weighted by molar-refractivity contribution is 0.624. The molecule has 94 valence electrons. The minimum Gasteiger partial charge on any atom is -0.206 e. The number of nitrogens with zero attached hydrogens (tertiary/aromatic N) is 1. The second-order valence-electron chi connectivity index (χ2n) is 3.85. The molecular weight excluding hydrogens is 329 g/mol. The lowest BCUT2D eigenvalue weighted by atomic mass is 10.0. The predicted octanol–water partition coefficient (Wildman–Crippen LogP) is 5.31. The van der Waals surface area contributed by atoms with Gasteiger partial charge in [0, 0.05) is 15.1 Å². The molecule has 0 unspecified atom stereocenters. The van der Waals surface area contributed by atoms with Gasteiger partial charge in [-0.05, 0) is 42.0 Å². The highest BCUT2D eigenvalue weighted by molar-refractivity contribution is 9.10. The van der Waals surface area contributed by atoms with E-state index in [4.69, 9.17) is 11.6 Å². The largest absolute Gasteiger partial charge is 0.206 e. The van der Waals surface area contributed by atoms with E-state index in [0.29, 0.717) is 5.02 Å². The zero-order valence-corrected chi connectivity index (χ0v) is 12.0. The van der Waals surface area contributed by atoms with Crippen molar-refractivity contribution in [3.63, 3.8) is 0 Å². The molecule has 2 aromatic rings. The van der Waals surface area contributed by atoms with Gasteiger partial charge < -0.3 is 0 Å². The highest BCUT2D eigenvalue weighted by Crippen LogP contribution is 2.24. The predicted molar refractivity (Wildman–Crippen MR) is 79.0 cm³/mol. The van der Waals surface area contributed by atoms with Crippen molar-refractivity contribution in [1.29, 1.82) is 5.26 Å². The van der Waals surface area contributed by atoms with Gasteiger partial charge in [-0.1, -0.05) is 39.7 Å². The molecule has 0 aliphatic heterocycles. The van der Waals surface area contributed by atoms with Crippen LogP contribution in [0.1, 0.15) is 11.1 Å². The van der Waals surface area contributed by atoms with E-state index < -0.39 is 5.82 Å². The van der Waals surface area contributed by atoms with Gasteiger partial charge in [0.25, 0.3) is 0 Å². The lowest BCUT2D eigenvalue weighted by Crippen LogP contribution is -1.88. The van der Waals surface area contributed by atoms with E-state index in [1.165, 1.54) is 12.1 Å². The van der Waals surface area contributed by atoms with Crippen LogP contribution < -0.4 is 0 Å². The van der Waals surface area contributed by atoms with Crippen LogP contribution >= 0.6 is 27.5 Å². The molecule has 1 nitrogen and oxygen atoms in total. The Morgan fingerprint density at radius 2 is 2.05 bits per heavy atom. The van der Waals surface area contributed by atoms with Crippen LogP contribution in [0.4, 0.5) is 4.39 Å². The van der Waals surface area contributed by atoms with Crippen molar-refractivity contribution in [2.75, 3.05) is 0 Å². The van der Waals surface area contributed by atoms with Crippen molar-refractivity contribution in [2.45, 2.75) is 0 Å². The number of halogens is 3. The molecule has 0 aliphatic carbocycles. The van der Waals surface area contributed by atoms with E-state index in [1.54, 1.807) is 12.1 Å². The number of rotatable bonds is 2. The molecule has 4 heteroatoms. The average Bonchev–Trinajstić information content (AvgIpc) is 2.37. The normalized spacial score (nSPS) is 11.2. The van der Waals surface area contributed by atoms with Gasteiger partial charge in [0.05, 0.1) is 11.6 Å². The quantitative estimate of drug-likeness (QED) is 0.539. The summed E-state index contributed by atoms with van der Waals surface area (Å²) in [5.41, 5.74) is 1.32. The van der Waals surface area contributed by atoms with E-state index in [9.17, 15) is 9.65 Å². The summed E-state index contributed by atoms with van der Waals surface area (Å²) in [6, 6.07) is 13.7. The van der Waals surface area contributed by atoms with Crippen LogP contribution in [0.3, 0.4) is 0 Å². The minimum atomic E-state index is -0.504. The average molecular weight is 337 g/mol. The van der Waals surface area contributed by atoms with Gasteiger partial charge in [-0.25, -0.2) is 4.39 Å². The second kappa shape index (κ2) is 6.01. The number of benzene rings is 2. The van der Waals surface area contributed by atoms with Crippen LogP contribution in [-0.2, 0) is 0 Å². The molecule has 0 fully saturated rings. The number of nitriles is 1. The summed E-state index contributed by atoms with van der Waals surface area (Å²) in [6.07, 6.45) is 1.64. The Morgan fingerprint density at radius 1 is 1.26 bits per heavy atom. The Kier molecular flexibility index (Phi) is 4.36. The molecular formula is C15H8BrClFN. The highest BCUT2D eigenvalue weighted by Gasteiger charge is 2.08. The molecule has 0 saturated carbocycles. The van der Waals surface area contributed by atoms with Gasteiger partial charge in [-0.3, -0.25) is 0 Å². The van der Waals surface area contributed by atoms with Gasteiger partial charge in [0.15, 0.2) is 0 Å². The Labute approximate surface area is 124 Å².